The molecule has 0 aliphatic rings. The number of benzene rings is 2. The van der Waals surface area contributed by atoms with Crippen molar-refractivity contribution in [2.24, 2.45) is 0 Å². The molecule has 0 amide bonds. The molecule has 0 aromatic heterocycles. The summed E-state index contributed by atoms with van der Waals surface area (Å²) in [5.41, 5.74) is 5.75. The molecule has 4 heteroatoms. The van der Waals surface area contributed by atoms with Crippen molar-refractivity contribution < 1.29 is 14.4 Å². The SMILES string of the molecule is C=C(CCCC)C(c1ccc(C)cc1C)(c1ccc(C)cc1C)P(=O)(O)O. The lowest BCUT2D eigenvalue weighted by molar-refractivity contribution is 0.346. The Morgan fingerprint density at radius 3 is 1.74 bits per heavy atom. The molecule has 2 rings (SSSR count). The van der Waals surface area contributed by atoms with Crippen LogP contribution in [0.3, 0.4) is 0 Å². The van der Waals surface area contributed by atoms with Gasteiger partial charge < -0.3 is 9.79 Å². The smallest absolute Gasteiger partial charge is 0.323 e. The summed E-state index contributed by atoms with van der Waals surface area (Å²) in [5, 5.41) is -1.53. The van der Waals surface area contributed by atoms with Crippen LogP contribution in [0.25, 0.3) is 0 Å². The van der Waals surface area contributed by atoms with E-state index in [1.165, 1.54) is 0 Å². The fourth-order valence-electron chi connectivity index (χ4n) is 4.06. The van der Waals surface area contributed by atoms with Gasteiger partial charge in [-0.05, 0) is 62.8 Å². The van der Waals surface area contributed by atoms with Crippen LogP contribution in [0.2, 0.25) is 0 Å². The summed E-state index contributed by atoms with van der Waals surface area (Å²) in [6, 6.07) is 11.5. The Labute approximate surface area is 163 Å². The first-order valence-electron chi connectivity index (χ1n) is 9.45. The average molecular weight is 386 g/mol. The number of hydrogen-bond donors (Lipinski definition) is 2. The minimum Gasteiger partial charge on any atom is -0.323 e. The van der Waals surface area contributed by atoms with E-state index in [9.17, 15) is 14.4 Å². The molecule has 0 spiro atoms. The molecule has 2 aromatic carbocycles. The summed E-state index contributed by atoms with van der Waals surface area (Å²) < 4.78 is 13.2. The number of unbranched alkanes of at least 4 members (excludes halogenated alkanes) is 1. The van der Waals surface area contributed by atoms with E-state index in [2.05, 4.69) is 13.5 Å². The molecule has 0 saturated carbocycles. The van der Waals surface area contributed by atoms with E-state index < -0.39 is 12.8 Å². The quantitative estimate of drug-likeness (QED) is 0.447. The van der Waals surface area contributed by atoms with E-state index in [0.29, 0.717) is 23.1 Å². The summed E-state index contributed by atoms with van der Waals surface area (Å²) in [6.07, 6.45) is 2.36. The highest BCUT2D eigenvalue weighted by Crippen LogP contribution is 2.66. The zero-order valence-electron chi connectivity index (χ0n) is 17.0. The maximum atomic E-state index is 13.2. The van der Waals surface area contributed by atoms with Gasteiger partial charge in [0, 0.05) is 0 Å². The third-order valence-corrected chi connectivity index (χ3v) is 7.00. The van der Waals surface area contributed by atoms with E-state index in [0.717, 1.165) is 35.1 Å². The van der Waals surface area contributed by atoms with Gasteiger partial charge in [-0.25, -0.2) is 0 Å². The molecule has 0 radical (unpaired) electrons. The minimum absolute atomic E-state index is 0.572. The highest BCUT2D eigenvalue weighted by atomic mass is 31.2. The fraction of sp³-hybridized carbons (Fsp3) is 0.391. The third-order valence-electron chi connectivity index (χ3n) is 5.32. The monoisotopic (exact) mass is 386 g/mol. The van der Waals surface area contributed by atoms with Crippen molar-refractivity contribution in [1.29, 1.82) is 0 Å². The maximum Gasteiger partial charge on any atom is 0.344 e. The molecular weight excluding hydrogens is 355 g/mol. The second-order valence-electron chi connectivity index (χ2n) is 7.60. The Hall–Kier alpha value is -1.67. The zero-order valence-corrected chi connectivity index (χ0v) is 17.9. The number of hydrogen-bond acceptors (Lipinski definition) is 1. The highest BCUT2D eigenvalue weighted by Gasteiger charge is 2.53. The molecule has 2 aromatic rings. The Balaban J connectivity index is 2.95. The maximum absolute atomic E-state index is 13.2. The van der Waals surface area contributed by atoms with Gasteiger partial charge in [-0.15, -0.1) is 0 Å². The molecular formula is C23H31O3P. The van der Waals surface area contributed by atoms with Crippen LogP contribution in [0.1, 0.15) is 59.6 Å². The second-order valence-corrected chi connectivity index (χ2v) is 9.36. The van der Waals surface area contributed by atoms with E-state index in [1.807, 2.05) is 64.1 Å². The van der Waals surface area contributed by atoms with Crippen molar-refractivity contribution in [3.63, 3.8) is 0 Å². The molecule has 3 nitrogen and oxygen atoms in total. The lowest BCUT2D eigenvalue weighted by Gasteiger charge is -2.39. The van der Waals surface area contributed by atoms with Gasteiger partial charge in [0.15, 0.2) is 0 Å². The predicted molar refractivity (Wildman–Crippen MR) is 113 cm³/mol. The lowest BCUT2D eigenvalue weighted by Crippen LogP contribution is -2.32. The predicted octanol–water partition coefficient (Wildman–Crippen LogP) is 6.09. The molecule has 0 atom stereocenters. The van der Waals surface area contributed by atoms with Gasteiger partial charge >= 0.3 is 7.60 Å². The topological polar surface area (TPSA) is 57.5 Å². The Morgan fingerprint density at radius 2 is 1.41 bits per heavy atom. The van der Waals surface area contributed by atoms with Crippen molar-refractivity contribution in [3.05, 3.63) is 81.9 Å². The largest absolute Gasteiger partial charge is 0.344 e. The van der Waals surface area contributed by atoms with E-state index in [1.54, 1.807) is 0 Å². The summed E-state index contributed by atoms with van der Waals surface area (Å²) in [7, 11) is -4.63. The first-order chi connectivity index (χ1) is 12.6. The standard InChI is InChI=1S/C23H31O3P/c1-7-8-9-20(6)23(27(24,25)26,21-12-10-16(2)14-18(21)4)22-13-11-17(3)15-19(22)5/h10-15H,6-9H2,1-5H3,(H2,24,25,26). The molecule has 0 heterocycles. The second kappa shape index (κ2) is 8.14. The van der Waals surface area contributed by atoms with Gasteiger partial charge in [0.05, 0.1) is 0 Å². The van der Waals surface area contributed by atoms with Crippen LogP contribution < -0.4 is 0 Å². The molecule has 0 aliphatic carbocycles. The Morgan fingerprint density at radius 1 is 0.963 bits per heavy atom. The molecule has 146 valence electrons. The van der Waals surface area contributed by atoms with Gasteiger partial charge in [-0.2, -0.15) is 0 Å². The normalized spacial score (nSPS) is 12.3. The molecule has 0 fully saturated rings. The lowest BCUT2D eigenvalue weighted by atomic mass is 9.78. The van der Waals surface area contributed by atoms with Crippen molar-refractivity contribution in [2.75, 3.05) is 0 Å². The summed E-state index contributed by atoms with van der Waals surface area (Å²) >= 11 is 0. The van der Waals surface area contributed by atoms with Crippen LogP contribution in [0.5, 0.6) is 0 Å². The third kappa shape index (κ3) is 3.96. The van der Waals surface area contributed by atoms with Crippen LogP contribution in [0, 0.1) is 27.7 Å². The van der Waals surface area contributed by atoms with E-state index in [-0.39, 0.29) is 0 Å². The van der Waals surface area contributed by atoms with Crippen LogP contribution in [-0.2, 0) is 9.72 Å². The molecule has 0 unspecified atom stereocenters. The molecule has 2 N–H and O–H groups in total. The molecule has 0 saturated heterocycles. The van der Waals surface area contributed by atoms with Crippen LogP contribution in [-0.4, -0.2) is 9.79 Å². The van der Waals surface area contributed by atoms with E-state index in [4.69, 9.17) is 0 Å². The van der Waals surface area contributed by atoms with Gasteiger partial charge in [0.1, 0.15) is 5.16 Å². The van der Waals surface area contributed by atoms with Crippen molar-refractivity contribution in [3.8, 4) is 0 Å². The van der Waals surface area contributed by atoms with Gasteiger partial charge in [-0.3, -0.25) is 4.57 Å². The zero-order chi connectivity index (χ0) is 20.4. The summed E-state index contributed by atoms with van der Waals surface area (Å²) in [6.45, 7) is 14.1. The first kappa shape index (κ1) is 21.6. The number of rotatable bonds is 7. The van der Waals surface area contributed by atoms with Gasteiger partial charge in [0.2, 0.25) is 0 Å². The molecule has 0 aliphatic heterocycles. The first-order valence-corrected chi connectivity index (χ1v) is 11.1. The number of aryl methyl sites for hydroxylation is 4. The van der Waals surface area contributed by atoms with Crippen molar-refractivity contribution in [1.82, 2.24) is 0 Å². The average Bonchev–Trinajstić information content (AvgIpc) is 2.55. The van der Waals surface area contributed by atoms with Crippen molar-refractivity contribution in [2.45, 2.75) is 59.0 Å². The van der Waals surface area contributed by atoms with Gasteiger partial charge in [0.25, 0.3) is 0 Å². The fourth-order valence-corrected chi connectivity index (χ4v) is 5.71. The summed E-state index contributed by atoms with van der Waals surface area (Å²) in [5.74, 6) is 0. The highest BCUT2D eigenvalue weighted by molar-refractivity contribution is 7.53. The molecule has 27 heavy (non-hydrogen) atoms. The van der Waals surface area contributed by atoms with Crippen molar-refractivity contribution >= 4 is 7.60 Å². The Kier molecular flexibility index (Phi) is 6.52. The minimum atomic E-state index is -4.63. The number of allylic oxidation sites excluding steroid dienone is 1. The van der Waals surface area contributed by atoms with E-state index >= 15 is 0 Å². The van der Waals surface area contributed by atoms with Gasteiger partial charge in [-0.1, -0.05) is 73.0 Å². The molecule has 0 bridgehead atoms. The van der Waals surface area contributed by atoms with Crippen LogP contribution in [0.15, 0.2) is 48.6 Å². The Bertz CT molecular complexity index is 841. The van der Waals surface area contributed by atoms with Crippen LogP contribution in [0.4, 0.5) is 0 Å². The summed E-state index contributed by atoms with van der Waals surface area (Å²) in [4.78, 5) is 21.5. The van der Waals surface area contributed by atoms with Crippen LogP contribution >= 0.6 is 7.60 Å².